The molecule has 2 N–H and O–H groups in total. The van der Waals surface area contributed by atoms with E-state index >= 15 is 0 Å². The van der Waals surface area contributed by atoms with Gasteiger partial charge in [0, 0.05) is 17.5 Å². The van der Waals surface area contributed by atoms with Crippen molar-refractivity contribution < 1.29 is 5.11 Å². The van der Waals surface area contributed by atoms with Crippen LogP contribution in [0.2, 0.25) is 4.34 Å². The van der Waals surface area contributed by atoms with Crippen LogP contribution in [0.5, 0.6) is 0 Å². The second-order valence-corrected chi connectivity index (χ2v) is 7.06. The Morgan fingerprint density at radius 3 is 2.78 bits per heavy atom. The molecule has 102 valence electrons. The van der Waals surface area contributed by atoms with Gasteiger partial charge in [-0.3, -0.25) is 0 Å². The summed E-state index contributed by atoms with van der Waals surface area (Å²) in [5.74, 6) is 0.744. The normalized spacial score (nSPS) is 20.2. The number of halogens is 1. The molecule has 1 aliphatic rings. The van der Waals surface area contributed by atoms with Crippen molar-refractivity contribution in [2.45, 2.75) is 51.2 Å². The van der Waals surface area contributed by atoms with Gasteiger partial charge in [-0.2, -0.15) is 0 Å². The molecule has 18 heavy (non-hydrogen) atoms. The summed E-state index contributed by atoms with van der Waals surface area (Å²) in [4.78, 5) is 1.23. The zero-order chi connectivity index (χ0) is 13.0. The van der Waals surface area contributed by atoms with E-state index in [4.69, 9.17) is 11.6 Å². The first kappa shape index (κ1) is 14.3. The second kappa shape index (κ2) is 6.90. The third-order valence-electron chi connectivity index (χ3n) is 3.76. The molecule has 2 rings (SSSR count). The van der Waals surface area contributed by atoms with Crippen LogP contribution in [0, 0.1) is 5.92 Å². The number of hydrogen-bond acceptors (Lipinski definition) is 3. The summed E-state index contributed by atoms with van der Waals surface area (Å²) in [5, 5.41) is 13.4. The fourth-order valence-electron chi connectivity index (χ4n) is 2.69. The van der Waals surface area contributed by atoms with E-state index in [1.54, 1.807) is 11.3 Å². The quantitative estimate of drug-likeness (QED) is 0.829. The Balaban J connectivity index is 1.70. The number of aliphatic hydroxyl groups excluding tert-OH is 1. The molecule has 0 radical (unpaired) electrons. The van der Waals surface area contributed by atoms with Crippen molar-refractivity contribution in [3.05, 3.63) is 21.3 Å². The summed E-state index contributed by atoms with van der Waals surface area (Å²) in [5.41, 5.74) is 0. The molecule has 1 aromatic rings. The van der Waals surface area contributed by atoms with Gasteiger partial charge in [-0.25, -0.2) is 0 Å². The summed E-state index contributed by atoms with van der Waals surface area (Å²) in [6.45, 7) is 2.79. The van der Waals surface area contributed by atoms with E-state index < -0.39 is 0 Å². The minimum Gasteiger partial charge on any atom is -0.392 e. The number of rotatable bonds is 6. The predicted molar refractivity (Wildman–Crippen MR) is 78.3 cm³/mol. The molecule has 4 heteroatoms. The van der Waals surface area contributed by atoms with Crippen LogP contribution in [-0.4, -0.2) is 17.8 Å². The minimum atomic E-state index is -0.217. The van der Waals surface area contributed by atoms with Crippen LogP contribution in [-0.2, 0) is 0 Å². The van der Waals surface area contributed by atoms with E-state index in [1.165, 1.54) is 30.6 Å². The van der Waals surface area contributed by atoms with Crippen molar-refractivity contribution in [3.8, 4) is 0 Å². The fourth-order valence-corrected chi connectivity index (χ4v) is 3.78. The molecule has 2 atom stereocenters. The lowest BCUT2D eigenvalue weighted by Gasteiger charge is -2.18. The second-order valence-electron chi connectivity index (χ2n) is 5.31. The van der Waals surface area contributed by atoms with E-state index in [1.807, 2.05) is 12.1 Å². The monoisotopic (exact) mass is 287 g/mol. The molecule has 1 fully saturated rings. The van der Waals surface area contributed by atoms with Crippen molar-refractivity contribution in [1.82, 2.24) is 5.32 Å². The van der Waals surface area contributed by atoms with Gasteiger partial charge in [0.1, 0.15) is 0 Å². The van der Waals surface area contributed by atoms with Crippen molar-refractivity contribution >= 4 is 22.9 Å². The topological polar surface area (TPSA) is 32.3 Å². The zero-order valence-electron chi connectivity index (χ0n) is 10.9. The Kier molecular flexibility index (Phi) is 5.49. The van der Waals surface area contributed by atoms with Gasteiger partial charge in [-0.05, 0) is 31.4 Å². The van der Waals surface area contributed by atoms with E-state index in [0.29, 0.717) is 6.54 Å². The van der Waals surface area contributed by atoms with Crippen LogP contribution in [0.1, 0.15) is 49.9 Å². The van der Waals surface area contributed by atoms with Crippen molar-refractivity contribution in [2.75, 3.05) is 6.54 Å². The minimum absolute atomic E-state index is 0.217. The molecule has 0 aromatic carbocycles. The summed E-state index contributed by atoms with van der Waals surface area (Å²) < 4.78 is 0.824. The summed E-state index contributed by atoms with van der Waals surface area (Å²) >= 11 is 7.52. The first-order chi connectivity index (χ1) is 8.65. The SMILES string of the molecule is CC(NCC(O)CC1CCCC1)c1ccc(Cl)s1. The maximum Gasteiger partial charge on any atom is 0.0931 e. The van der Waals surface area contributed by atoms with Crippen LogP contribution in [0.25, 0.3) is 0 Å². The van der Waals surface area contributed by atoms with Crippen molar-refractivity contribution in [3.63, 3.8) is 0 Å². The van der Waals surface area contributed by atoms with E-state index in [9.17, 15) is 5.11 Å². The van der Waals surface area contributed by atoms with E-state index in [-0.39, 0.29) is 12.1 Å². The highest BCUT2D eigenvalue weighted by atomic mass is 35.5. The Morgan fingerprint density at radius 2 is 2.17 bits per heavy atom. The highest BCUT2D eigenvalue weighted by molar-refractivity contribution is 7.16. The maximum atomic E-state index is 10.0. The van der Waals surface area contributed by atoms with Crippen LogP contribution in [0.4, 0.5) is 0 Å². The summed E-state index contributed by atoms with van der Waals surface area (Å²) in [6.07, 6.45) is 6.01. The van der Waals surface area contributed by atoms with Crippen molar-refractivity contribution in [1.29, 1.82) is 0 Å². The molecule has 0 saturated heterocycles. The molecule has 0 aliphatic heterocycles. The highest BCUT2D eigenvalue weighted by Gasteiger charge is 2.19. The average molecular weight is 288 g/mol. The lowest BCUT2D eigenvalue weighted by atomic mass is 10.00. The maximum absolute atomic E-state index is 10.0. The van der Waals surface area contributed by atoms with Crippen LogP contribution in [0.15, 0.2) is 12.1 Å². The Labute approximate surface area is 118 Å². The van der Waals surface area contributed by atoms with Gasteiger partial charge >= 0.3 is 0 Å². The summed E-state index contributed by atoms with van der Waals surface area (Å²) in [7, 11) is 0. The summed E-state index contributed by atoms with van der Waals surface area (Å²) in [6, 6.07) is 4.24. The number of nitrogens with one attached hydrogen (secondary N) is 1. The van der Waals surface area contributed by atoms with E-state index in [0.717, 1.165) is 16.7 Å². The first-order valence-corrected chi connectivity index (χ1v) is 8.01. The number of hydrogen-bond donors (Lipinski definition) is 2. The highest BCUT2D eigenvalue weighted by Crippen LogP contribution is 2.29. The van der Waals surface area contributed by atoms with Gasteiger partial charge in [-0.15, -0.1) is 11.3 Å². The van der Waals surface area contributed by atoms with Gasteiger partial charge in [-0.1, -0.05) is 37.3 Å². The van der Waals surface area contributed by atoms with Gasteiger partial charge in [0.05, 0.1) is 10.4 Å². The Morgan fingerprint density at radius 1 is 1.44 bits per heavy atom. The first-order valence-electron chi connectivity index (χ1n) is 6.82. The fraction of sp³-hybridized carbons (Fsp3) is 0.714. The number of thiophene rings is 1. The molecule has 1 heterocycles. The lowest BCUT2D eigenvalue weighted by Crippen LogP contribution is -2.30. The molecular formula is C14H22ClNOS. The standard InChI is InChI=1S/C14H22ClNOS/c1-10(13-6-7-14(15)18-13)16-9-12(17)8-11-4-2-3-5-11/h6-7,10-12,16-17H,2-5,8-9H2,1H3. The van der Waals surface area contributed by atoms with Crippen LogP contribution in [0.3, 0.4) is 0 Å². The van der Waals surface area contributed by atoms with Gasteiger partial charge in [0.25, 0.3) is 0 Å². The third-order valence-corrected chi connectivity index (χ3v) is 5.17. The predicted octanol–water partition coefficient (Wildman–Crippen LogP) is 3.99. The third kappa shape index (κ3) is 4.23. The van der Waals surface area contributed by atoms with Gasteiger partial charge in [0.2, 0.25) is 0 Å². The molecule has 0 bridgehead atoms. The molecule has 0 amide bonds. The van der Waals surface area contributed by atoms with Gasteiger partial charge < -0.3 is 10.4 Å². The molecular weight excluding hydrogens is 266 g/mol. The lowest BCUT2D eigenvalue weighted by molar-refractivity contribution is 0.138. The van der Waals surface area contributed by atoms with Crippen LogP contribution >= 0.6 is 22.9 Å². The Hall–Kier alpha value is -0.0900. The molecule has 1 saturated carbocycles. The molecule has 2 nitrogen and oxygen atoms in total. The largest absolute Gasteiger partial charge is 0.392 e. The molecule has 0 spiro atoms. The molecule has 2 unspecified atom stereocenters. The average Bonchev–Trinajstić information content (AvgIpc) is 2.97. The number of aliphatic hydroxyl groups is 1. The molecule has 1 aliphatic carbocycles. The molecule has 1 aromatic heterocycles. The van der Waals surface area contributed by atoms with Crippen molar-refractivity contribution in [2.24, 2.45) is 5.92 Å². The van der Waals surface area contributed by atoms with Crippen LogP contribution < -0.4 is 5.32 Å². The Bertz CT molecular complexity index is 362. The van der Waals surface area contributed by atoms with E-state index in [2.05, 4.69) is 12.2 Å². The van der Waals surface area contributed by atoms with Gasteiger partial charge in [0.15, 0.2) is 0 Å². The zero-order valence-corrected chi connectivity index (χ0v) is 12.4. The smallest absolute Gasteiger partial charge is 0.0931 e.